The molecule has 0 rings (SSSR count). The number of halogens is 16. The molecule has 0 amide bonds. The van der Waals surface area contributed by atoms with Crippen LogP contribution in [0, 0.1) is 0 Å². The molecule has 0 saturated carbocycles. The molecule has 0 fully saturated rings. The third-order valence-electron chi connectivity index (χ3n) is 2.63. The number of rotatable bonds is 3. The zero-order valence-corrected chi connectivity index (χ0v) is 13.6. The molecular weight excluding hydrogens is 507 g/mol. The first-order chi connectivity index (χ1) is 9.50. The van der Waals surface area contributed by atoms with Crippen molar-refractivity contribution in [1.29, 1.82) is 0 Å². The fourth-order valence-corrected chi connectivity index (χ4v) is 11.1. The summed E-state index contributed by atoms with van der Waals surface area (Å²) < 4.78 is 163. The molecule has 17 heteroatoms. The first-order valence-corrected chi connectivity index (χ1v) is 14.0. The van der Waals surface area contributed by atoms with Crippen molar-refractivity contribution in [3.63, 3.8) is 0 Å². The first kappa shape index (κ1) is 23.1. The Kier molecular flexibility index (Phi) is 5.55. The predicted molar refractivity (Wildman–Crippen MR) is 47.7 cm³/mol. The molecule has 0 spiro atoms. The SMILES string of the molecule is FC(F)(F)[C](F)(F)[Ga-]([Br])([C](F)(F)C(F)(F)F)[C](F)(F)C(F)(F)F. The van der Waals surface area contributed by atoms with Gasteiger partial charge in [0.25, 0.3) is 0 Å². The molecule has 0 radical (unpaired) electrons. The molecule has 0 bridgehead atoms. The van der Waals surface area contributed by atoms with Crippen LogP contribution < -0.4 is 0 Å². The zero-order valence-electron chi connectivity index (χ0n) is 9.62. The van der Waals surface area contributed by atoms with Crippen molar-refractivity contribution >= 4 is 26.6 Å². The fourth-order valence-electron chi connectivity index (χ4n) is 1.36. The first-order valence-electron chi connectivity index (χ1n) is 4.67. The number of alkyl halides is 15. The van der Waals surface area contributed by atoms with Crippen molar-refractivity contribution in [3.8, 4) is 0 Å². The van der Waals surface area contributed by atoms with Crippen LogP contribution in [0.5, 0.6) is 0 Å². The van der Waals surface area contributed by atoms with Gasteiger partial charge in [0.2, 0.25) is 0 Å². The quantitative estimate of drug-likeness (QED) is 0.349. The van der Waals surface area contributed by atoms with Gasteiger partial charge in [-0.25, -0.2) is 0 Å². The van der Waals surface area contributed by atoms with Crippen molar-refractivity contribution in [1.82, 2.24) is 0 Å². The van der Waals surface area contributed by atoms with E-state index in [1.807, 2.05) is 0 Å². The van der Waals surface area contributed by atoms with Gasteiger partial charge >= 0.3 is 124 Å². The maximum absolute atomic E-state index is 13.0. The summed E-state index contributed by atoms with van der Waals surface area (Å²) in [6.07, 6.45) is -22.6. The molecule has 0 aliphatic carbocycles. The average molecular weight is 507 g/mol. The van der Waals surface area contributed by atoms with E-state index in [1.165, 1.54) is 0 Å². The minimum atomic E-state index is -10.3. The Labute approximate surface area is 125 Å². The van der Waals surface area contributed by atoms with Gasteiger partial charge in [-0.2, -0.15) is 0 Å². The Hall–Kier alpha value is 0.0664. The molecule has 0 heterocycles. The second-order valence-corrected chi connectivity index (χ2v) is 19.0. The molecule has 0 unspecified atom stereocenters. The van der Waals surface area contributed by atoms with E-state index in [0.29, 0.717) is 0 Å². The Morgan fingerprint density at radius 2 is 0.522 bits per heavy atom. The third kappa shape index (κ3) is 3.04. The van der Waals surface area contributed by atoms with Crippen LogP contribution in [0.25, 0.3) is 0 Å². The number of hydrogen-bond donors (Lipinski definition) is 0. The van der Waals surface area contributed by atoms with Crippen molar-refractivity contribution in [2.24, 2.45) is 0 Å². The summed E-state index contributed by atoms with van der Waals surface area (Å²) in [5, 5.41) is 0. The van der Waals surface area contributed by atoms with Gasteiger partial charge in [0.15, 0.2) is 0 Å². The molecule has 0 aromatic carbocycles. The van der Waals surface area contributed by atoms with Crippen LogP contribution in [0.3, 0.4) is 0 Å². The zero-order chi connectivity index (χ0) is 19.5. The molecule has 0 N–H and O–H groups in total. The number of hydrogen-bond acceptors (Lipinski definition) is 0. The summed E-state index contributed by atoms with van der Waals surface area (Å²) in [7, 11) is 0. The van der Waals surface area contributed by atoms with Crippen molar-refractivity contribution in [3.05, 3.63) is 0 Å². The molecule has 0 aliphatic rings. The second kappa shape index (κ2) is 5.53. The second-order valence-electron chi connectivity index (χ2n) is 4.12. The molecule has 0 atom stereocenters. The van der Waals surface area contributed by atoms with Crippen LogP contribution in [0.1, 0.15) is 0 Å². The van der Waals surface area contributed by atoms with E-state index in [-0.39, 0.29) is 13.6 Å². The third-order valence-corrected chi connectivity index (χ3v) is 19.9. The van der Waals surface area contributed by atoms with Crippen LogP contribution in [0.15, 0.2) is 0 Å². The van der Waals surface area contributed by atoms with E-state index in [2.05, 4.69) is 0 Å². The van der Waals surface area contributed by atoms with E-state index in [1.54, 1.807) is 0 Å². The van der Waals surface area contributed by atoms with Crippen LogP contribution in [0.4, 0.5) is 65.9 Å². The molecule has 0 aromatic heterocycles. The molecule has 23 heavy (non-hydrogen) atoms. The molecule has 0 aliphatic heterocycles. The predicted octanol–water partition coefficient (Wildman–Crippen LogP) is 5.54. The van der Waals surface area contributed by atoms with Gasteiger partial charge in [-0.15, -0.1) is 0 Å². The minimum absolute atomic E-state index is 0.251. The van der Waals surface area contributed by atoms with E-state index in [4.69, 9.17) is 0 Å². The van der Waals surface area contributed by atoms with E-state index >= 15 is 0 Å². The Morgan fingerprint density at radius 1 is 0.391 bits per heavy atom. The van der Waals surface area contributed by atoms with E-state index in [0.717, 1.165) is 0 Å². The van der Waals surface area contributed by atoms with Crippen LogP contribution in [-0.4, -0.2) is 45.0 Å². The van der Waals surface area contributed by atoms with Crippen LogP contribution >= 0.6 is 13.6 Å². The molecule has 140 valence electrons. The van der Waals surface area contributed by atoms with Crippen molar-refractivity contribution in [2.45, 2.75) is 32.0 Å². The van der Waals surface area contributed by atoms with Gasteiger partial charge in [-0.05, 0) is 0 Å². The Morgan fingerprint density at radius 3 is 0.609 bits per heavy atom. The Bertz CT molecular complexity index is 376. The molecular formula is C6BrF15Ga-. The summed E-state index contributed by atoms with van der Waals surface area (Å²) in [6.45, 7) is 0. The monoisotopic (exact) mass is 505 g/mol. The summed E-state index contributed by atoms with van der Waals surface area (Å²) in [4.78, 5) is 0. The normalized spacial score (nSPS) is 16.7. The maximum atomic E-state index is 13.0. The summed E-state index contributed by atoms with van der Waals surface area (Å²) in [5.74, 6) is 0. The standard InChI is InChI=1S/3C2F5.BrH.Ga/c3*3-1(4)2(5,6)7;;/h;;;1H;/p-1. The van der Waals surface area contributed by atoms with Gasteiger partial charge in [-0.3, -0.25) is 0 Å². The summed E-state index contributed by atoms with van der Waals surface area (Å²) in [5.41, 5.74) is 0. The molecule has 0 saturated heterocycles. The topological polar surface area (TPSA) is 0 Å². The van der Waals surface area contributed by atoms with Gasteiger partial charge < -0.3 is 0 Å². The van der Waals surface area contributed by atoms with Gasteiger partial charge in [0.1, 0.15) is 0 Å². The average Bonchev–Trinajstić information content (AvgIpc) is 2.22. The summed E-state index contributed by atoms with van der Waals surface area (Å²) >= 11 is -10.1. The summed E-state index contributed by atoms with van der Waals surface area (Å²) in [6, 6.07) is 0. The van der Waals surface area contributed by atoms with Crippen molar-refractivity contribution < 1.29 is 65.9 Å². The molecule has 0 nitrogen and oxygen atoms in total. The van der Waals surface area contributed by atoms with Gasteiger partial charge in [-0.1, -0.05) is 0 Å². The van der Waals surface area contributed by atoms with E-state index in [9.17, 15) is 65.9 Å². The van der Waals surface area contributed by atoms with E-state index < -0.39 is 45.0 Å². The van der Waals surface area contributed by atoms with Crippen LogP contribution in [-0.2, 0) is 0 Å². The van der Waals surface area contributed by atoms with Crippen molar-refractivity contribution in [2.75, 3.05) is 0 Å². The van der Waals surface area contributed by atoms with Crippen LogP contribution in [0.2, 0.25) is 0 Å². The van der Waals surface area contributed by atoms with Gasteiger partial charge in [0.05, 0.1) is 0 Å². The van der Waals surface area contributed by atoms with Gasteiger partial charge in [0, 0.05) is 0 Å². The molecule has 0 aromatic rings. The fraction of sp³-hybridized carbons (Fsp3) is 1.00. The Balaban J connectivity index is 6.97.